The Balaban J connectivity index is 2.07. The zero-order chi connectivity index (χ0) is 29.4. The Labute approximate surface area is 239 Å². The van der Waals surface area contributed by atoms with Crippen LogP contribution in [0.3, 0.4) is 0 Å². The Morgan fingerprint density at radius 1 is 0.850 bits per heavy atom. The highest BCUT2D eigenvalue weighted by Crippen LogP contribution is 2.27. The summed E-state index contributed by atoms with van der Waals surface area (Å²) >= 11 is 0. The molecule has 0 radical (unpaired) electrons. The molecule has 0 bridgehead atoms. The van der Waals surface area contributed by atoms with Crippen molar-refractivity contribution in [2.24, 2.45) is 5.92 Å². The number of nitrogens with zero attached hydrogens (tertiary/aromatic N) is 2. The predicted molar refractivity (Wildman–Crippen MR) is 161 cm³/mol. The smallest absolute Gasteiger partial charge is 0.264 e. The number of amides is 2. The van der Waals surface area contributed by atoms with Crippen LogP contribution in [0.4, 0.5) is 5.69 Å². The third kappa shape index (κ3) is 7.94. The van der Waals surface area contributed by atoms with E-state index in [9.17, 15) is 18.0 Å². The molecule has 0 aliphatic rings. The van der Waals surface area contributed by atoms with Gasteiger partial charge in [0.25, 0.3) is 10.0 Å². The molecule has 0 spiro atoms. The molecule has 7 nitrogen and oxygen atoms in total. The number of carbonyl (C=O) groups is 2. The third-order valence-corrected chi connectivity index (χ3v) is 8.40. The lowest BCUT2D eigenvalue weighted by molar-refractivity contribution is -0.140. The van der Waals surface area contributed by atoms with Crippen molar-refractivity contribution in [2.45, 2.75) is 65.4 Å². The maximum atomic E-state index is 14.1. The highest BCUT2D eigenvalue weighted by atomic mass is 32.2. The van der Waals surface area contributed by atoms with Gasteiger partial charge in [-0.3, -0.25) is 13.9 Å². The number of nitrogens with one attached hydrogen (secondary N) is 1. The second-order valence-corrected chi connectivity index (χ2v) is 12.6. The van der Waals surface area contributed by atoms with Gasteiger partial charge in [0.2, 0.25) is 11.8 Å². The molecule has 8 heteroatoms. The Hall–Kier alpha value is -3.65. The van der Waals surface area contributed by atoms with E-state index in [1.807, 2.05) is 71.9 Å². The Morgan fingerprint density at radius 2 is 1.50 bits per heavy atom. The molecule has 1 N–H and O–H groups in total. The van der Waals surface area contributed by atoms with Gasteiger partial charge in [-0.2, -0.15) is 0 Å². The summed E-state index contributed by atoms with van der Waals surface area (Å²) in [5.74, 6) is -0.453. The minimum atomic E-state index is -4.08. The van der Waals surface area contributed by atoms with Crippen LogP contribution < -0.4 is 9.62 Å². The standard InChI is InChI=1S/C32H41N3O4S/c1-7-30(32(37)33-20-23(2)3)34(21-27-13-11-12-24(4)17-27)31(36)22-35(28-18-25(5)16-26(6)19-28)40(38,39)29-14-9-8-10-15-29/h8-19,23,30H,7,20-22H2,1-6H3,(H,33,37)/t30-/m1/s1. The summed E-state index contributed by atoms with van der Waals surface area (Å²) in [6, 6.07) is 20.6. The largest absolute Gasteiger partial charge is 0.354 e. The second kappa shape index (κ2) is 13.6. The van der Waals surface area contributed by atoms with E-state index in [1.165, 1.54) is 17.0 Å². The van der Waals surface area contributed by atoms with E-state index in [2.05, 4.69) is 5.32 Å². The molecule has 214 valence electrons. The summed E-state index contributed by atoms with van der Waals surface area (Å²) in [5.41, 5.74) is 4.07. The van der Waals surface area contributed by atoms with E-state index in [0.717, 1.165) is 26.6 Å². The molecule has 3 aromatic carbocycles. The highest BCUT2D eigenvalue weighted by Gasteiger charge is 2.33. The Morgan fingerprint density at radius 3 is 2.08 bits per heavy atom. The zero-order valence-corrected chi connectivity index (χ0v) is 25.2. The first kappa shape index (κ1) is 30.9. The van der Waals surface area contributed by atoms with Crippen molar-refractivity contribution in [3.8, 4) is 0 Å². The lowest BCUT2D eigenvalue weighted by Gasteiger charge is -2.33. The normalized spacial score (nSPS) is 12.2. The summed E-state index contributed by atoms with van der Waals surface area (Å²) in [7, 11) is -4.08. The fourth-order valence-corrected chi connectivity index (χ4v) is 6.11. The van der Waals surface area contributed by atoms with Crippen LogP contribution in [0, 0.1) is 26.7 Å². The van der Waals surface area contributed by atoms with E-state index in [1.54, 1.807) is 30.3 Å². The van der Waals surface area contributed by atoms with Crippen molar-refractivity contribution in [1.82, 2.24) is 10.2 Å². The van der Waals surface area contributed by atoms with E-state index in [0.29, 0.717) is 18.7 Å². The molecular formula is C32H41N3O4S. The van der Waals surface area contributed by atoms with E-state index < -0.39 is 28.5 Å². The fourth-order valence-electron chi connectivity index (χ4n) is 4.69. The molecule has 3 aromatic rings. The lowest BCUT2D eigenvalue weighted by atomic mass is 10.1. The third-order valence-electron chi connectivity index (χ3n) is 6.61. The molecule has 1 atom stereocenters. The average Bonchev–Trinajstić information content (AvgIpc) is 2.90. The molecule has 0 aromatic heterocycles. The minimum absolute atomic E-state index is 0.0916. The molecule has 2 amide bonds. The molecule has 0 aliphatic carbocycles. The molecule has 0 aliphatic heterocycles. The van der Waals surface area contributed by atoms with Crippen molar-refractivity contribution in [1.29, 1.82) is 0 Å². The van der Waals surface area contributed by atoms with Gasteiger partial charge in [0, 0.05) is 13.1 Å². The highest BCUT2D eigenvalue weighted by molar-refractivity contribution is 7.92. The number of carbonyl (C=O) groups excluding carboxylic acids is 2. The molecule has 0 unspecified atom stereocenters. The molecule has 40 heavy (non-hydrogen) atoms. The van der Waals surface area contributed by atoms with Crippen LogP contribution >= 0.6 is 0 Å². The summed E-state index contributed by atoms with van der Waals surface area (Å²) in [5, 5.41) is 2.96. The lowest BCUT2D eigenvalue weighted by Crippen LogP contribution is -2.52. The van der Waals surface area contributed by atoms with E-state index in [4.69, 9.17) is 0 Å². The van der Waals surface area contributed by atoms with Crippen molar-refractivity contribution in [3.05, 3.63) is 95.1 Å². The van der Waals surface area contributed by atoms with Crippen LogP contribution in [0.2, 0.25) is 0 Å². The summed E-state index contributed by atoms with van der Waals surface area (Å²) in [4.78, 5) is 29.1. The van der Waals surface area contributed by atoms with Gasteiger partial charge in [0.15, 0.2) is 0 Å². The van der Waals surface area contributed by atoms with Gasteiger partial charge in [-0.25, -0.2) is 8.42 Å². The Kier molecular flexibility index (Phi) is 10.5. The summed E-state index contributed by atoms with van der Waals surface area (Å²) in [6.45, 7) is 11.8. The summed E-state index contributed by atoms with van der Waals surface area (Å²) in [6.07, 6.45) is 0.385. The second-order valence-electron chi connectivity index (χ2n) is 10.7. The average molecular weight is 564 g/mol. The molecule has 0 fully saturated rings. The Bertz CT molecular complexity index is 1400. The quantitative estimate of drug-likeness (QED) is 0.320. The van der Waals surface area contributed by atoms with Gasteiger partial charge >= 0.3 is 0 Å². The fraction of sp³-hybridized carbons (Fsp3) is 0.375. The first-order chi connectivity index (χ1) is 18.9. The monoisotopic (exact) mass is 563 g/mol. The SMILES string of the molecule is CC[C@H](C(=O)NCC(C)C)N(Cc1cccc(C)c1)C(=O)CN(c1cc(C)cc(C)c1)S(=O)(=O)c1ccccc1. The van der Waals surface area contributed by atoms with Crippen molar-refractivity contribution < 1.29 is 18.0 Å². The van der Waals surface area contributed by atoms with Crippen LogP contribution in [0.15, 0.2) is 77.7 Å². The summed E-state index contributed by atoms with van der Waals surface area (Å²) < 4.78 is 29.0. The number of benzene rings is 3. The first-order valence-corrected chi connectivity index (χ1v) is 15.1. The van der Waals surface area contributed by atoms with Gasteiger partial charge in [0.1, 0.15) is 12.6 Å². The van der Waals surface area contributed by atoms with Crippen molar-refractivity contribution in [2.75, 3.05) is 17.4 Å². The molecule has 0 saturated heterocycles. The predicted octanol–water partition coefficient (Wildman–Crippen LogP) is 5.39. The molecule has 3 rings (SSSR count). The number of sulfonamides is 1. The van der Waals surface area contributed by atoms with Crippen molar-refractivity contribution in [3.63, 3.8) is 0 Å². The van der Waals surface area contributed by atoms with Crippen LogP contribution in [0.5, 0.6) is 0 Å². The van der Waals surface area contributed by atoms with Gasteiger partial charge < -0.3 is 10.2 Å². The molecular weight excluding hydrogens is 522 g/mol. The van der Waals surface area contributed by atoms with Gasteiger partial charge in [-0.05, 0) is 74.1 Å². The number of rotatable bonds is 12. The number of hydrogen-bond acceptors (Lipinski definition) is 4. The number of aryl methyl sites for hydroxylation is 3. The minimum Gasteiger partial charge on any atom is -0.354 e. The number of anilines is 1. The molecule has 0 saturated carbocycles. The molecule has 0 heterocycles. The van der Waals surface area contributed by atoms with Gasteiger partial charge in [0.05, 0.1) is 10.6 Å². The zero-order valence-electron chi connectivity index (χ0n) is 24.3. The topological polar surface area (TPSA) is 86.8 Å². The van der Waals surface area contributed by atoms with Crippen LogP contribution in [0.25, 0.3) is 0 Å². The number of hydrogen-bond donors (Lipinski definition) is 1. The van der Waals surface area contributed by atoms with Crippen LogP contribution in [-0.4, -0.2) is 44.3 Å². The van der Waals surface area contributed by atoms with E-state index >= 15 is 0 Å². The maximum absolute atomic E-state index is 14.1. The van der Waals surface area contributed by atoms with Crippen LogP contribution in [0.1, 0.15) is 49.4 Å². The van der Waals surface area contributed by atoms with E-state index in [-0.39, 0.29) is 23.3 Å². The van der Waals surface area contributed by atoms with Gasteiger partial charge in [-0.1, -0.05) is 74.9 Å². The van der Waals surface area contributed by atoms with Gasteiger partial charge in [-0.15, -0.1) is 0 Å². The van der Waals surface area contributed by atoms with Crippen molar-refractivity contribution >= 4 is 27.5 Å². The maximum Gasteiger partial charge on any atom is 0.264 e. The van der Waals surface area contributed by atoms with Crippen LogP contribution in [-0.2, 0) is 26.2 Å². The first-order valence-electron chi connectivity index (χ1n) is 13.7.